The Labute approximate surface area is 167 Å². The Kier molecular flexibility index (Phi) is 4.66. The molecule has 3 N–H and O–H groups in total. The van der Waals surface area contributed by atoms with Crippen molar-refractivity contribution in [2.24, 2.45) is 0 Å². The maximum atomic E-state index is 14.5. The predicted molar refractivity (Wildman–Crippen MR) is 102 cm³/mol. The molecule has 4 rings (SSSR count). The van der Waals surface area contributed by atoms with E-state index in [1.807, 2.05) is 6.07 Å². The van der Waals surface area contributed by atoms with Gasteiger partial charge in [-0.1, -0.05) is 17.7 Å². The number of aromatic nitrogens is 5. The van der Waals surface area contributed by atoms with Crippen molar-refractivity contribution in [2.75, 3.05) is 11.1 Å². The first-order chi connectivity index (χ1) is 14.0. The fourth-order valence-electron chi connectivity index (χ4n) is 2.79. The van der Waals surface area contributed by atoms with E-state index >= 15 is 0 Å². The molecule has 3 aromatic heterocycles. The Morgan fingerprint density at radius 3 is 2.86 bits per heavy atom. The average Bonchev–Trinajstić information content (AvgIpc) is 3.08. The molecule has 144 valence electrons. The topological polar surface area (TPSA) is 118 Å². The Morgan fingerprint density at radius 2 is 2.07 bits per heavy atom. The number of nitriles is 1. The largest absolute Gasteiger partial charge is 0.382 e. The lowest BCUT2D eigenvalue weighted by Gasteiger charge is -2.13. The molecular formula is C18H11ClF2N8. The van der Waals surface area contributed by atoms with Gasteiger partial charge >= 0.3 is 0 Å². The summed E-state index contributed by atoms with van der Waals surface area (Å²) in [5, 5.41) is 16.8. The zero-order valence-corrected chi connectivity index (χ0v) is 15.3. The number of nitrogens with one attached hydrogen (secondary N) is 1. The van der Waals surface area contributed by atoms with E-state index in [1.165, 1.54) is 29.2 Å². The molecule has 0 aliphatic carbocycles. The van der Waals surface area contributed by atoms with Crippen LogP contribution in [0.15, 0.2) is 36.8 Å². The van der Waals surface area contributed by atoms with Crippen LogP contribution >= 0.6 is 11.6 Å². The van der Waals surface area contributed by atoms with Crippen molar-refractivity contribution in [2.45, 2.75) is 6.54 Å². The van der Waals surface area contributed by atoms with Crippen LogP contribution < -0.4 is 11.1 Å². The summed E-state index contributed by atoms with van der Waals surface area (Å²) in [4.78, 5) is 11.9. The smallest absolute Gasteiger partial charge is 0.168 e. The number of nitrogens with two attached hydrogens (primary N) is 1. The van der Waals surface area contributed by atoms with E-state index in [0.29, 0.717) is 11.2 Å². The first-order valence-electron chi connectivity index (χ1n) is 8.21. The van der Waals surface area contributed by atoms with Crippen LogP contribution in [0.3, 0.4) is 0 Å². The third kappa shape index (κ3) is 3.28. The Balaban J connectivity index is 1.82. The van der Waals surface area contributed by atoms with Gasteiger partial charge in [-0.05, 0) is 18.2 Å². The molecule has 0 radical (unpaired) electrons. The minimum atomic E-state index is -1.04. The standard InChI is InChI=1S/C18H11ClF2N8/c19-13-7-24-14-4-9(6-25-18-11(5-22)17(23)26-8-27-18)16(28-29(13)14)10-2-1-3-12(20)15(10)21/h1-4,7-8H,6H2,(H3,23,25,26,27). The summed E-state index contributed by atoms with van der Waals surface area (Å²) >= 11 is 6.07. The third-order valence-electron chi connectivity index (χ3n) is 4.17. The average molecular weight is 413 g/mol. The van der Waals surface area contributed by atoms with E-state index < -0.39 is 11.6 Å². The van der Waals surface area contributed by atoms with Gasteiger partial charge in [-0.2, -0.15) is 10.4 Å². The van der Waals surface area contributed by atoms with Crippen molar-refractivity contribution >= 4 is 28.9 Å². The van der Waals surface area contributed by atoms with Crippen molar-refractivity contribution < 1.29 is 8.78 Å². The number of benzene rings is 1. The molecule has 0 atom stereocenters. The second-order valence-corrected chi connectivity index (χ2v) is 6.31. The number of imidazole rings is 1. The number of hydrogen-bond donors (Lipinski definition) is 2. The maximum Gasteiger partial charge on any atom is 0.168 e. The molecule has 0 aliphatic rings. The van der Waals surface area contributed by atoms with E-state index in [-0.39, 0.29) is 40.2 Å². The van der Waals surface area contributed by atoms with Crippen molar-refractivity contribution in [1.29, 1.82) is 5.26 Å². The Hall–Kier alpha value is -3.84. The molecule has 8 nitrogen and oxygen atoms in total. The van der Waals surface area contributed by atoms with E-state index in [0.717, 1.165) is 6.07 Å². The van der Waals surface area contributed by atoms with Crippen LogP contribution in [-0.4, -0.2) is 24.6 Å². The number of hydrogen-bond acceptors (Lipinski definition) is 7. The van der Waals surface area contributed by atoms with Crippen LogP contribution in [0, 0.1) is 23.0 Å². The highest BCUT2D eigenvalue weighted by molar-refractivity contribution is 6.29. The van der Waals surface area contributed by atoms with Crippen LogP contribution in [0.5, 0.6) is 0 Å². The van der Waals surface area contributed by atoms with Gasteiger partial charge in [0, 0.05) is 17.7 Å². The van der Waals surface area contributed by atoms with Crippen molar-refractivity contribution in [3.63, 3.8) is 0 Å². The fourth-order valence-corrected chi connectivity index (χ4v) is 2.97. The molecule has 0 fully saturated rings. The van der Waals surface area contributed by atoms with Crippen LogP contribution in [0.25, 0.3) is 16.9 Å². The normalized spacial score (nSPS) is 10.8. The second-order valence-electron chi connectivity index (χ2n) is 5.92. The lowest BCUT2D eigenvalue weighted by Crippen LogP contribution is -2.10. The molecule has 0 bridgehead atoms. The summed E-state index contributed by atoms with van der Waals surface area (Å²) in [5.74, 6) is -1.82. The first kappa shape index (κ1) is 18.5. The molecule has 0 unspecified atom stereocenters. The van der Waals surface area contributed by atoms with Crippen molar-refractivity contribution in [1.82, 2.24) is 24.6 Å². The molecule has 0 saturated heterocycles. The summed E-state index contributed by atoms with van der Waals surface area (Å²) < 4.78 is 29.6. The molecule has 0 saturated carbocycles. The number of nitrogen functional groups attached to an aromatic ring is 1. The summed E-state index contributed by atoms with van der Waals surface area (Å²) in [6.45, 7) is 0.0738. The lowest BCUT2D eigenvalue weighted by atomic mass is 10.1. The minimum absolute atomic E-state index is 0.0232. The van der Waals surface area contributed by atoms with Gasteiger partial charge in [0.1, 0.15) is 29.6 Å². The van der Waals surface area contributed by atoms with E-state index in [1.54, 1.807) is 6.07 Å². The van der Waals surface area contributed by atoms with Crippen molar-refractivity contribution in [3.8, 4) is 17.3 Å². The molecule has 11 heteroatoms. The summed E-state index contributed by atoms with van der Waals surface area (Å²) in [7, 11) is 0. The van der Waals surface area contributed by atoms with Gasteiger partial charge in [-0.3, -0.25) is 0 Å². The first-order valence-corrected chi connectivity index (χ1v) is 8.59. The molecule has 4 aromatic rings. The SMILES string of the molecule is N#Cc1c(N)ncnc1NCc1cc2ncc(Cl)n2nc1-c1cccc(F)c1F. The van der Waals surface area contributed by atoms with Crippen LogP contribution in [0.1, 0.15) is 11.1 Å². The molecular weight excluding hydrogens is 402 g/mol. The fraction of sp³-hybridized carbons (Fsp3) is 0.0556. The number of nitrogens with zero attached hydrogens (tertiary/aromatic N) is 6. The zero-order valence-electron chi connectivity index (χ0n) is 14.6. The van der Waals surface area contributed by atoms with Crippen molar-refractivity contribution in [3.05, 3.63) is 64.7 Å². The summed E-state index contributed by atoms with van der Waals surface area (Å²) in [6, 6.07) is 7.35. The van der Waals surface area contributed by atoms with Crippen LogP contribution in [0.4, 0.5) is 20.4 Å². The summed E-state index contributed by atoms with van der Waals surface area (Å²) in [6.07, 6.45) is 2.60. The minimum Gasteiger partial charge on any atom is -0.382 e. The summed E-state index contributed by atoms with van der Waals surface area (Å²) in [5.41, 5.74) is 6.76. The van der Waals surface area contributed by atoms with E-state index in [4.69, 9.17) is 17.3 Å². The number of fused-ring (bicyclic) bond motifs is 1. The number of anilines is 2. The van der Waals surface area contributed by atoms with Gasteiger partial charge in [0.05, 0.1) is 11.9 Å². The zero-order chi connectivity index (χ0) is 20.5. The van der Waals surface area contributed by atoms with Crippen LogP contribution in [0.2, 0.25) is 5.15 Å². The van der Waals surface area contributed by atoms with Gasteiger partial charge < -0.3 is 11.1 Å². The van der Waals surface area contributed by atoms with Gasteiger partial charge in [0.15, 0.2) is 22.4 Å². The Bertz CT molecular complexity index is 1280. The highest BCUT2D eigenvalue weighted by Crippen LogP contribution is 2.28. The third-order valence-corrected chi connectivity index (χ3v) is 4.43. The molecule has 0 amide bonds. The van der Waals surface area contributed by atoms with E-state index in [9.17, 15) is 14.0 Å². The highest BCUT2D eigenvalue weighted by atomic mass is 35.5. The van der Waals surface area contributed by atoms with E-state index in [2.05, 4.69) is 25.4 Å². The maximum absolute atomic E-state index is 14.5. The quantitative estimate of drug-likeness (QED) is 0.528. The number of rotatable bonds is 4. The molecule has 1 aromatic carbocycles. The second kappa shape index (κ2) is 7.29. The van der Waals surface area contributed by atoms with Gasteiger partial charge in [0.25, 0.3) is 0 Å². The number of halogens is 3. The van der Waals surface area contributed by atoms with Gasteiger partial charge in [-0.25, -0.2) is 28.2 Å². The monoisotopic (exact) mass is 412 g/mol. The Morgan fingerprint density at radius 1 is 1.24 bits per heavy atom. The molecule has 0 aliphatic heterocycles. The highest BCUT2D eigenvalue weighted by Gasteiger charge is 2.18. The molecule has 29 heavy (non-hydrogen) atoms. The predicted octanol–water partition coefficient (Wildman–Crippen LogP) is 3.18. The van der Waals surface area contributed by atoms with Gasteiger partial charge in [0.2, 0.25) is 0 Å². The lowest BCUT2D eigenvalue weighted by molar-refractivity contribution is 0.510. The molecule has 3 heterocycles. The molecule has 0 spiro atoms. The van der Waals surface area contributed by atoms with Crippen LogP contribution in [-0.2, 0) is 6.54 Å². The van der Waals surface area contributed by atoms with Gasteiger partial charge in [-0.15, -0.1) is 0 Å².